The summed E-state index contributed by atoms with van der Waals surface area (Å²) in [6.45, 7) is 11.6. The molecule has 0 spiro atoms. The van der Waals surface area contributed by atoms with Crippen molar-refractivity contribution in [2.75, 3.05) is 18.0 Å². The summed E-state index contributed by atoms with van der Waals surface area (Å²) in [6.07, 6.45) is 2.83. The summed E-state index contributed by atoms with van der Waals surface area (Å²) < 4.78 is 0. The molecule has 3 rings (SSSR count). The minimum atomic E-state index is 0.205. The van der Waals surface area contributed by atoms with Crippen molar-refractivity contribution in [1.29, 1.82) is 0 Å². The Balaban J connectivity index is 1.90. The maximum atomic E-state index is 3.75. The Morgan fingerprint density at radius 2 is 1.85 bits per heavy atom. The molecule has 0 aromatic heterocycles. The van der Waals surface area contributed by atoms with Gasteiger partial charge in [0.1, 0.15) is 0 Å². The van der Waals surface area contributed by atoms with Gasteiger partial charge in [0, 0.05) is 30.9 Å². The second-order valence-electron chi connectivity index (χ2n) is 7.62. The van der Waals surface area contributed by atoms with Gasteiger partial charge in [0.05, 0.1) is 0 Å². The molecule has 1 saturated heterocycles. The highest BCUT2D eigenvalue weighted by Crippen LogP contribution is 2.37. The largest absolute Gasteiger partial charge is 0.366 e. The molecule has 2 aliphatic rings. The lowest BCUT2D eigenvalue weighted by molar-refractivity contribution is 0.374. The van der Waals surface area contributed by atoms with Gasteiger partial charge in [-0.2, -0.15) is 0 Å². The van der Waals surface area contributed by atoms with E-state index >= 15 is 0 Å². The number of anilines is 1. The number of nitrogens with zero attached hydrogens (tertiary/aromatic N) is 1. The van der Waals surface area contributed by atoms with E-state index in [4.69, 9.17) is 0 Å². The maximum absolute atomic E-state index is 3.75. The smallest absolute Gasteiger partial charge is 0.0407 e. The number of para-hydroxylation sites is 1. The number of nitrogens with one attached hydrogen (secondary N) is 1. The lowest BCUT2D eigenvalue weighted by Gasteiger charge is -2.42. The molecular formula is C18H28N2. The molecule has 110 valence electrons. The summed E-state index contributed by atoms with van der Waals surface area (Å²) in [4.78, 5) is 2.64. The fraction of sp³-hybridized carbons (Fsp3) is 0.667. The first-order chi connectivity index (χ1) is 9.47. The Morgan fingerprint density at radius 1 is 1.15 bits per heavy atom. The Bertz CT molecular complexity index is 471. The van der Waals surface area contributed by atoms with Crippen molar-refractivity contribution >= 4 is 5.69 Å². The molecular weight excluding hydrogens is 244 g/mol. The highest BCUT2D eigenvalue weighted by atomic mass is 15.2. The van der Waals surface area contributed by atoms with Crippen LogP contribution in [0.3, 0.4) is 0 Å². The van der Waals surface area contributed by atoms with Crippen molar-refractivity contribution in [3.05, 3.63) is 29.8 Å². The molecule has 20 heavy (non-hydrogen) atoms. The van der Waals surface area contributed by atoms with Gasteiger partial charge in [0.15, 0.2) is 0 Å². The van der Waals surface area contributed by atoms with E-state index in [1.165, 1.54) is 30.6 Å². The number of piperazine rings is 1. The van der Waals surface area contributed by atoms with Crippen molar-refractivity contribution < 1.29 is 0 Å². The molecule has 1 aromatic carbocycles. The minimum absolute atomic E-state index is 0.205. The molecule has 2 heteroatoms. The van der Waals surface area contributed by atoms with Crippen LogP contribution in [0.25, 0.3) is 0 Å². The Morgan fingerprint density at radius 3 is 2.50 bits per heavy atom. The first-order valence-corrected chi connectivity index (χ1v) is 8.06. The van der Waals surface area contributed by atoms with Gasteiger partial charge in [-0.15, -0.1) is 0 Å². The number of rotatable bonds is 2. The van der Waals surface area contributed by atoms with Crippen LogP contribution in [-0.4, -0.2) is 25.2 Å². The summed E-state index contributed by atoms with van der Waals surface area (Å²) in [5.74, 6) is 0.923. The van der Waals surface area contributed by atoms with E-state index < -0.39 is 0 Å². The second kappa shape index (κ2) is 5.07. The van der Waals surface area contributed by atoms with Crippen molar-refractivity contribution in [3.63, 3.8) is 0 Å². The lowest BCUT2D eigenvalue weighted by atomic mass is 9.85. The first kappa shape index (κ1) is 13.9. The van der Waals surface area contributed by atoms with Crippen molar-refractivity contribution in [3.8, 4) is 0 Å². The number of hydrogen-bond donors (Lipinski definition) is 1. The van der Waals surface area contributed by atoms with Crippen molar-refractivity contribution in [2.45, 2.75) is 58.0 Å². The van der Waals surface area contributed by atoms with Crippen LogP contribution in [0.1, 0.15) is 46.1 Å². The summed E-state index contributed by atoms with van der Waals surface area (Å²) in [7, 11) is 0. The quantitative estimate of drug-likeness (QED) is 0.885. The molecule has 2 nitrogen and oxygen atoms in total. The average molecular weight is 272 g/mol. The maximum Gasteiger partial charge on any atom is 0.0407 e. The van der Waals surface area contributed by atoms with Crippen LogP contribution < -0.4 is 10.2 Å². The minimum Gasteiger partial charge on any atom is -0.366 e. The Hall–Kier alpha value is -1.02. The molecule has 0 radical (unpaired) electrons. The van der Waals surface area contributed by atoms with E-state index in [-0.39, 0.29) is 5.41 Å². The van der Waals surface area contributed by atoms with Crippen LogP contribution in [0, 0.1) is 5.92 Å². The summed E-state index contributed by atoms with van der Waals surface area (Å²) in [5, 5.41) is 3.75. The number of hydrogen-bond acceptors (Lipinski definition) is 2. The molecule has 2 unspecified atom stereocenters. The molecule has 0 amide bonds. The average Bonchev–Trinajstić information content (AvgIpc) is 3.23. The van der Waals surface area contributed by atoms with E-state index in [9.17, 15) is 0 Å². The molecule has 0 bridgehead atoms. The Kier molecular flexibility index (Phi) is 3.53. The van der Waals surface area contributed by atoms with Gasteiger partial charge in [-0.3, -0.25) is 0 Å². The molecule has 2 atom stereocenters. The zero-order chi connectivity index (χ0) is 14.3. The van der Waals surface area contributed by atoms with Crippen LogP contribution in [0.4, 0.5) is 5.69 Å². The third kappa shape index (κ3) is 2.71. The van der Waals surface area contributed by atoms with Gasteiger partial charge in [0.2, 0.25) is 0 Å². The number of benzene rings is 1. The summed E-state index contributed by atoms with van der Waals surface area (Å²) >= 11 is 0. The van der Waals surface area contributed by atoms with Gasteiger partial charge >= 0.3 is 0 Å². The predicted octanol–water partition coefficient (Wildman–Crippen LogP) is 3.56. The van der Waals surface area contributed by atoms with Gasteiger partial charge in [-0.05, 0) is 42.7 Å². The standard InChI is InChI=1S/C18H28N2/c1-13-11-19-16(14-9-10-14)12-20(13)17-8-6-5-7-15(17)18(2,3)4/h5-8,13-14,16,19H,9-12H2,1-4H3. The van der Waals surface area contributed by atoms with Gasteiger partial charge in [-0.25, -0.2) is 0 Å². The fourth-order valence-electron chi connectivity index (χ4n) is 3.40. The van der Waals surface area contributed by atoms with E-state index in [1.54, 1.807) is 0 Å². The summed E-state index contributed by atoms with van der Waals surface area (Å²) in [6, 6.07) is 10.2. The van der Waals surface area contributed by atoms with Crippen LogP contribution >= 0.6 is 0 Å². The van der Waals surface area contributed by atoms with Crippen LogP contribution in [-0.2, 0) is 5.41 Å². The van der Waals surface area contributed by atoms with Gasteiger partial charge < -0.3 is 10.2 Å². The second-order valence-corrected chi connectivity index (χ2v) is 7.62. The molecule has 1 aromatic rings. The predicted molar refractivity (Wildman–Crippen MR) is 86.5 cm³/mol. The topological polar surface area (TPSA) is 15.3 Å². The zero-order valence-electron chi connectivity index (χ0n) is 13.3. The van der Waals surface area contributed by atoms with Crippen LogP contribution in [0.5, 0.6) is 0 Å². The molecule has 1 N–H and O–H groups in total. The zero-order valence-corrected chi connectivity index (χ0v) is 13.3. The van der Waals surface area contributed by atoms with E-state index in [1.807, 2.05) is 0 Å². The van der Waals surface area contributed by atoms with Gasteiger partial charge in [0.25, 0.3) is 0 Å². The SMILES string of the molecule is CC1CNC(C2CC2)CN1c1ccccc1C(C)(C)C. The van der Waals surface area contributed by atoms with Gasteiger partial charge in [-0.1, -0.05) is 39.0 Å². The molecule has 1 saturated carbocycles. The fourth-order valence-corrected chi connectivity index (χ4v) is 3.40. The first-order valence-electron chi connectivity index (χ1n) is 8.06. The molecule has 1 aliphatic heterocycles. The molecule has 1 heterocycles. The Labute approximate surface area is 123 Å². The van der Waals surface area contributed by atoms with E-state index in [0.29, 0.717) is 12.1 Å². The third-order valence-corrected chi connectivity index (χ3v) is 4.81. The third-order valence-electron chi connectivity index (χ3n) is 4.81. The van der Waals surface area contributed by atoms with E-state index in [0.717, 1.165) is 12.5 Å². The van der Waals surface area contributed by atoms with E-state index in [2.05, 4.69) is 62.2 Å². The van der Waals surface area contributed by atoms with Crippen molar-refractivity contribution in [1.82, 2.24) is 5.32 Å². The highest BCUT2D eigenvalue weighted by Gasteiger charge is 2.37. The highest BCUT2D eigenvalue weighted by molar-refractivity contribution is 5.57. The normalized spacial score (nSPS) is 27.7. The van der Waals surface area contributed by atoms with Crippen LogP contribution in [0.15, 0.2) is 24.3 Å². The molecule has 2 fully saturated rings. The summed E-state index contributed by atoms with van der Waals surface area (Å²) in [5.41, 5.74) is 3.12. The monoisotopic (exact) mass is 272 g/mol. The molecule has 1 aliphatic carbocycles. The lowest BCUT2D eigenvalue weighted by Crippen LogP contribution is -2.56. The van der Waals surface area contributed by atoms with Crippen molar-refractivity contribution in [2.24, 2.45) is 5.92 Å². The van der Waals surface area contributed by atoms with Crippen LogP contribution in [0.2, 0.25) is 0 Å².